The molecule has 0 aliphatic heterocycles. The molecule has 0 radical (unpaired) electrons. The summed E-state index contributed by atoms with van der Waals surface area (Å²) in [6.07, 6.45) is 10.7. The third kappa shape index (κ3) is 4.94. The molecule has 0 saturated heterocycles. The van der Waals surface area contributed by atoms with Gasteiger partial charge in [0.15, 0.2) is 0 Å². The van der Waals surface area contributed by atoms with Crippen LogP contribution in [0.5, 0.6) is 0 Å². The molecule has 8 rings (SSSR count). The first-order valence-electron chi connectivity index (χ1n) is 15.1. The fourth-order valence-corrected chi connectivity index (χ4v) is 6.07. The maximum Gasteiger partial charge on any atom is 0.335 e. The molecule has 0 saturated carbocycles. The quantitative estimate of drug-likeness (QED) is 0.179. The SMILES string of the molecule is O=C(O)c1ccc(-c2cc3c(cc(-c4ccc(C(=O)O)cc4)n3-c3ccc(-n4ccnc4)cc3)n2-c2ccc(-n3ccnc3)cc2)cc1. The number of carbonyl (C=O) groups is 2. The Bertz CT molecular complexity index is 2230. The second-order valence-corrected chi connectivity index (χ2v) is 11.2. The van der Waals surface area contributed by atoms with Gasteiger partial charge < -0.3 is 28.5 Å². The van der Waals surface area contributed by atoms with Gasteiger partial charge in [-0.15, -0.1) is 0 Å². The monoisotopic (exact) mass is 630 g/mol. The molecule has 0 spiro atoms. The highest BCUT2D eigenvalue weighted by atomic mass is 16.4. The van der Waals surface area contributed by atoms with Crippen LogP contribution >= 0.6 is 0 Å². The summed E-state index contributed by atoms with van der Waals surface area (Å²) in [7, 11) is 0. The number of nitrogens with zero attached hydrogens (tertiary/aromatic N) is 6. The molecule has 8 aromatic rings. The maximum absolute atomic E-state index is 11.6. The lowest BCUT2D eigenvalue weighted by atomic mass is 10.1. The first-order valence-corrected chi connectivity index (χ1v) is 15.1. The summed E-state index contributed by atoms with van der Waals surface area (Å²) in [6, 6.07) is 34.2. The first-order chi connectivity index (χ1) is 23.4. The van der Waals surface area contributed by atoms with E-state index in [2.05, 4.69) is 31.2 Å². The van der Waals surface area contributed by atoms with Crippen molar-refractivity contribution in [2.24, 2.45) is 0 Å². The lowest BCUT2D eigenvalue weighted by Crippen LogP contribution is -1.99. The van der Waals surface area contributed by atoms with Gasteiger partial charge in [-0.1, -0.05) is 24.3 Å². The molecule has 0 fully saturated rings. The molecule has 10 nitrogen and oxygen atoms in total. The number of aromatic nitrogens is 6. The highest BCUT2D eigenvalue weighted by Crippen LogP contribution is 2.39. The van der Waals surface area contributed by atoms with E-state index in [1.54, 1.807) is 49.3 Å². The van der Waals surface area contributed by atoms with Gasteiger partial charge in [0, 0.05) is 47.5 Å². The number of benzene rings is 4. The lowest BCUT2D eigenvalue weighted by Gasteiger charge is -2.13. The van der Waals surface area contributed by atoms with Gasteiger partial charge >= 0.3 is 11.9 Å². The van der Waals surface area contributed by atoms with Crippen LogP contribution in [0.25, 0.3) is 56.3 Å². The molecule has 232 valence electrons. The average Bonchev–Trinajstić information content (AvgIpc) is 3.94. The molecule has 0 atom stereocenters. The molecule has 0 aliphatic rings. The molecule has 0 amide bonds. The van der Waals surface area contributed by atoms with Crippen LogP contribution < -0.4 is 0 Å². The van der Waals surface area contributed by atoms with Crippen molar-refractivity contribution in [2.45, 2.75) is 0 Å². The van der Waals surface area contributed by atoms with Crippen molar-refractivity contribution in [1.82, 2.24) is 28.2 Å². The van der Waals surface area contributed by atoms with E-state index >= 15 is 0 Å². The Kier molecular flexibility index (Phi) is 6.81. The van der Waals surface area contributed by atoms with Gasteiger partial charge in [0.05, 0.1) is 46.2 Å². The Morgan fingerprint density at radius 3 is 1.15 bits per heavy atom. The van der Waals surface area contributed by atoms with Crippen molar-refractivity contribution in [3.8, 4) is 45.3 Å². The van der Waals surface area contributed by atoms with Crippen LogP contribution in [0.4, 0.5) is 0 Å². The fraction of sp³-hybridized carbons (Fsp3) is 0. The van der Waals surface area contributed by atoms with Crippen molar-refractivity contribution in [3.05, 3.63) is 158 Å². The molecule has 4 aromatic heterocycles. The van der Waals surface area contributed by atoms with E-state index in [1.165, 1.54) is 0 Å². The Morgan fingerprint density at radius 2 is 0.833 bits per heavy atom. The van der Waals surface area contributed by atoms with Crippen LogP contribution in [0.1, 0.15) is 20.7 Å². The third-order valence-electron chi connectivity index (χ3n) is 8.45. The van der Waals surface area contributed by atoms with Gasteiger partial charge in [-0.2, -0.15) is 0 Å². The number of hydrogen-bond acceptors (Lipinski definition) is 4. The maximum atomic E-state index is 11.6. The zero-order valence-corrected chi connectivity index (χ0v) is 25.3. The number of carboxylic acids is 2. The van der Waals surface area contributed by atoms with Crippen LogP contribution in [0.2, 0.25) is 0 Å². The van der Waals surface area contributed by atoms with Crippen molar-refractivity contribution < 1.29 is 19.8 Å². The molecule has 0 bridgehead atoms. The Labute approximate surface area is 273 Å². The van der Waals surface area contributed by atoms with Gasteiger partial charge in [0.25, 0.3) is 0 Å². The molecule has 10 heteroatoms. The third-order valence-corrected chi connectivity index (χ3v) is 8.45. The molecular weight excluding hydrogens is 604 g/mol. The summed E-state index contributed by atoms with van der Waals surface area (Å²) in [5.41, 5.74) is 9.45. The van der Waals surface area contributed by atoms with Crippen LogP contribution in [0.3, 0.4) is 0 Å². The molecular formula is C38H26N6O4. The molecule has 0 unspecified atom stereocenters. The van der Waals surface area contributed by atoms with Crippen LogP contribution in [-0.4, -0.2) is 50.4 Å². The first kappa shape index (κ1) is 28.5. The normalized spacial score (nSPS) is 11.2. The molecule has 0 aliphatic carbocycles. The van der Waals surface area contributed by atoms with Gasteiger partial charge in [-0.25, -0.2) is 19.6 Å². The predicted molar refractivity (Wildman–Crippen MR) is 182 cm³/mol. The van der Waals surface area contributed by atoms with Crippen LogP contribution in [0, 0.1) is 0 Å². The number of fused-ring (bicyclic) bond motifs is 1. The summed E-state index contributed by atoms with van der Waals surface area (Å²) in [4.78, 5) is 31.6. The van der Waals surface area contributed by atoms with Gasteiger partial charge in [-0.05, 0) is 96.1 Å². The van der Waals surface area contributed by atoms with Gasteiger partial charge in [-0.3, -0.25) is 0 Å². The molecule has 48 heavy (non-hydrogen) atoms. The van der Waals surface area contributed by atoms with Crippen molar-refractivity contribution in [3.63, 3.8) is 0 Å². The van der Waals surface area contributed by atoms with E-state index in [0.717, 1.165) is 56.3 Å². The van der Waals surface area contributed by atoms with Gasteiger partial charge in [0.2, 0.25) is 0 Å². The summed E-state index contributed by atoms with van der Waals surface area (Å²) in [5.74, 6) is -1.97. The summed E-state index contributed by atoms with van der Waals surface area (Å²) in [6.45, 7) is 0. The second kappa shape index (κ2) is 11.5. The zero-order valence-electron chi connectivity index (χ0n) is 25.3. The Morgan fingerprint density at radius 1 is 0.479 bits per heavy atom. The number of hydrogen-bond donors (Lipinski definition) is 2. The molecule has 4 heterocycles. The number of imidazole rings is 2. The van der Waals surface area contributed by atoms with E-state index in [1.807, 2.05) is 94.3 Å². The van der Waals surface area contributed by atoms with E-state index in [9.17, 15) is 19.8 Å². The Balaban J connectivity index is 1.37. The van der Waals surface area contributed by atoms with E-state index in [0.29, 0.717) is 0 Å². The minimum absolute atomic E-state index is 0.209. The van der Waals surface area contributed by atoms with E-state index in [-0.39, 0.29) is 11.1 Å². The van der Waals surface area contributed by atoms with Crippen LogP contribution in [-0.2, 0) is 0 Å². The summed E-state index contributed by atoms with van der Waals surface area (Å²) >= 11 is 0. The summed E-state index contributed by atoms with van der Waals surface area (Å²) < 4.78 is 8.19. The number of rotatable bonds is 8. The van der Waals surface area contributed by atoms with E-state index in [4.69, 9.17) is 0 Å². The molecule has 2 N–H and O–H groups in total. The average molecular weight is 631 g/mol. The summed E-state index contributed by atoms with van der Waals surface area (Å²) in [5, 5.41) is 19.1. The van der Waals surface area contributed by atoms with Crippen molar-refractivity contribution in [1.29, 1.82) is 0 Å². The molecule has 4 aromatic carbocycles. The predicted octanol–water partition coefficient (Wildman–Crippen LogP) is 7.52. The van der Waals surface area contributed by atoms with Crippen LogP contribution in [0.15, 0.2) is 147 Å². The highest BCUT2D eigenvalue weighted by molar-refractivity contribution is 5.95. The fourth-order valence-electron chi connectivity index (χ4n) is 6.07. The van der Waals surface area contributed by atoms with E-state index < -0.39 is 11.9 Å². The zero-order chi connectivity index (χ0) is 32.8. The largest absolute Gasteiger partial charge is 0.478 e. The van der Waals surface area contributed by atoms with Gasteiger partial charge in [0.1, 0.15) is 0 Å². The standard InChI is InChI=1S/C38H26N6O4/c45-37(46)27-5-1-25(2-6-27)33-21-35-36(43(33)31-13-9-29(10-14-31)41-19-17-39-23-41)22-34(26-3-7-28(8-4-26)38(47)48)44(35)32-15-11-30(12-16-32)42-20-18-40-24-42/h1-24H,(H,45,46)(H,47,48). The van der Waals surface area contributed by atoms with Crippen molar-refractivity contribution in [2.75, 3.05) is 0 Å². The van der Waals surface area contributed by atoms with Crippen molar-refractivity contribution >= 4 is 23.0 Å². The lowest BCUT2D eigenvalue weighted by molar-refractivity contribution is 0.0686. The minimum atomic E-state index is -0.985. The smallest absolute Gasteiger partial charge is 0.335 e. The topological polar surface area (TPSA) is 120 Å². The minimum Gasteiger partial charge on any atom is -0.478 e. The number of aromatic carboxylic acids is 2. The highest BCUT2D eigenvalue weighted by Gasteiger charge is 2.21. The second-order valence-electron chi connectivity index (χ2n) is 11.2. The Hall–Kier alpha value is -6.94. The number of carboxylic acid groups (broad SMARTS) is 2.